The van der Waals surface area contributed by atoms with E-state index in [9.17, 15) is 4.39 Å². The summed E-state index contributed by atoms with van der Waals surface area (Å²) in [6.45, 7) is 0.662. The summed E-state index contributed by atoms with van der Waals surface area (Å²) in [5.41, 5.74) is 1.59. The highest BCUT2D eigenvalue weighted by Gasteiger charge is 2.11. The molecule has 7 heteroatoms. The largest absolute Gasteiger partial charge is 0.330 e. The summed E-state index contributed by atoms with van der Waals surface area (Å²) in [4.78, 5) is 4.21. The third-order valence-corrected chi connectivity index (χ3v) is 5.65. The van der Waals surface area contributed by atoms with Crippen LogP contribution in [-0.4, -0.2) is 9.55 Å². The lowest BCUT2D eigenvalue weighted by Crippen LogP contribution is -1.98. The number of imidazole rings is 1. The second-order valence-corrected chi connectivity index (χ2v) is 7.09. The predicted octanol–water partition coefficient (Wildman–Crippen LogP) is 5.47. The fraction of sp³-hybridized carbons (Fsp3) is 0.0833. The molecule has 2 heterocycles. The summed E-state index contributed by atoms with van der Waals surface area (Å²) in [7, 11) is 0. The van der Waals surface area contributed by atoms with Gasteiger partial charge in [0, 0.05) is 15.4 Å². The quantitative estimate of drug-likeness (QED) is 0.544. The van der Waals surface area contributed by atoms with Crippen molar-refractivity contribution < 1.29 is 4.39 Å². The van der Waals surface area contributed by atoms with E-state index < -0.39 is 0 Å². The highest BCUT2D eigenvalue weighted by atomic mass is 79.9. The number of aromatic amines is 1. The molecule has 19 heavy (non-hydrogen) atoms. The number of thiophene rings is 1. The van der Waals surface area contributed by atoms with Crippen LogP contribution in [0.4, 0.5) is 4.39 Å². The van der Waals surface area contributed by atoms with E-state index in [0.29, 0.717) is 21.3 Å². The molecule has 3 rings (SSSR count). The topological polar surface area (TPSA) is 20.7 Å². The van der Waals surface area contributed by atoms with Crippen LogP contribution in [0.3, 0.4) is 0 Å². The number of hydrogen-bond acceptors (Lipinski definition) is 2. The Hall–Kier alpha value is -0.500. The summed E-state index contributed by atoms with van der Waals surface area (Å²) in [6.07, 6.45) is 0. The van der Waals surface area contributed by atoms with Gasteiger partial charge in [-0.15, -0.1) is 11.3 Å². The van der Waals surface area contributed by atoms with Gasteiger partial charge in [0.2, 0.25) is 0 Å². The van der Waals surface area contributed by atoms with Crippen molar-refractivity contribution in [3.8, 4) is 0 Å². The number of hydrogen-bond donors (Lipinski definition) is 1. The molecule has 0 atom stereocenters. The van der Waals surface area contributed by atoms with E-state index in [1.807, 2.05) is 16.0 Å². The van der Waals surface area contributed by atoms with Crippen LogP contribution in [0.15, 0.2) is 32.5 Å². The number of H-pyrrole nitrogens is 1. The maximum Gasteiger partial charge on any atom is 0.178 e. The first-order valence-electron chi connectivity index (χ1n) is 5.35. The molecule has 0 saturated heterocycles. The van der Waals surface area contributed by atoms with Crippen LogP contribution in [-0.2, 0) is 6.54 Å². The van der Waals surface area contributed by atoms with Gasteiger partial charge in [-0.05, 0) is 61.6 Å². The predicted molar refractivity (Wildman–Crippen MR) is 85.9 cm³/mol. The Morgan fingerprint density at radius 3 is 2.79 bits per heavy atom. The van der Waals surface area contributed by atoms with Gasteiger partial charge >= 0.3 is 0 Å². The molecule has 1 N–H and O–H groups in total. The highest BCUT2D eigenvalue weighted by molar-refractivity contribution is 9.10. The van der Waals surface area contributed by atoms with Gasteiger partial charge in [-0.3, -0.25) is 0 Å². The summed E-state index contributed by atoms with van der Waals surface area (Å²) < 4.78 is 17.6. The van der Waals surface area contributed by atoms with Crippen LogP contribution in [0, 0.1) is 10.6 Å². The Morgan fingerprint density at radius 1 is 1.32 bits per heavy atom. The minimum atomic E-state index is -0.298. The van der Waals surface area contributed by atoms with Crippen molar-refractivity contribution in [1.29, 1.82) is 0 Å². The number of nitrogens with one attached hydrogen (secondary N) is 1. The first kappa shape index (κ1) is 13.5. The maximum absolute atomic E-state index is 13.5. The van der Waals surface area contributed by atoms with Crippen molar-refractivity contribution in [2.45, 2.75) is 6.54 Å². The molecule has 0 aliphatic rings. The zero-order chi connectivity index (χ0) is 13.6. The summed E-state index contributed by atoms with van der Waals surface area (Å²) >= 11 is 13.7. The molecule has 0 spiro atoms. The number of halogens is 3. The zero-order valence-electron chi connectivity index (χ0n) is 9.41. The first-order valence-corrected chi connectivity index (χ1v) is 8.23. The van der Waals surface area contributed by atoms with Crippen LogP contribution in [0.1, 0.15) is 4.88 Å². The third kappa shape index (κ3) is 2.44. The molecule has 0 saturated carbocycles. The van der Waals surface area contributed by atoms with Crippen molar-refractivity contribution in [1.82, 2.24) is 9.55 Å². The number of fused-ring (bicyclic) bond motifs is 1. The van der Waals surface area contributed by atoms with Gasteiger partial charge in [-0.25, -0.2) is 4.39 Å². The lowest BCUT2D eigenvalue weighted by Gasteiger charge is -2.04. The van der Waals surface area contributed by atoms with Crippen LogP contribution < -0.4 is 0 Å². The summed E-state index contributed by atoms with van der Waals surface area (Å²) in [5.74, 6) is -0.298. The average molecular weight is 422 g/mol. The molecule has 0 aliphatic heterocycles. The summed E-state index contributed by atoms with van der Waals surface area (Å²) in [5, 5.41) is 2.02. The van der Waals surface area contributed by atoms with Gasteiger partial charge in [0.05, 0.1) is 22.1 Å². The second-order valence-electron chi connectivity index (χ2n) is 3.99. The van der Waals surface area contributed by atoms with Crippen molar-refractivity contribution in [3.05, 3.63) is 48.0 Å². The molecular weight excluding hydrogens is 415 g/mol. The van der Waals surface area contributed by atoms with Gasteiger partial charge in [0.15, 0.2) is 4.77 Å². The van der Waals surface area contributed by atoms with E-state index >= 15 is 0 Å². The zero-order valence-corrected chi connectivity index (χ0v) is 14.2. The average Bonchev–Trinajstić information content (AvgIpc) is 2.88. The van der Waals surface area contributed by atoms with Crippen molar-refractivity contribution in [3.63, 3.8) is 0 Å². The van der Waals surface area contributed by atoms with E-state index in [1.165, 1.54) is 10.9 Å². The van der Waals surface area contributed by atoms with Crippen molar-refractivity contribution in [2.75, 3.05) is 0 Å². The molecule has 2 aromatic heterocycles. The van der Waals surface area contributed by atoms with Gasteiger partial charge in [0.1, 0.15) is 5.82 Å². The number of aromatic nitrogens is 2. The van der Waals surface area contributed by atoms with Gasteiger partial charge in [0.25, 0.3) is 0 Å². The molecular formula is C12H7Br2FN2S2. The Bertz CT molecular complexity index is 819. The molecule has 0 amide bonds. The van der Waals surface area contributed by atoms with Gasteiger partial charge in [-0.2, -0.15) is 0 Å². The minimum Gasteiger partial charge on any atom is -0.330 e. The number of rotatable bonds is 2. The van der Waals surface area contributed by atoms with Gasteiger partial charge in [-0.1, -0.05) is 0 Å². The minimum absolute atomic E-state index is 0.298. The van der Waals surface area contributed by atoms with E-state index in [4.69, 9.17) is 12.2 Å². The smallest absolute Gasteiger partial charge is 0.178 e. The Balaban J connectivity index is 2.18. The van der Waals surface area contributed by atoms with E-state index in [-0.39, 0.29) is 5.82 Å². The SMILES string of the molecule is Fc1cc2[nH]c(=S)n(Cc3sccc3Br)c2cc1Br. The van der Waals surface area contributed by atoms with Crippen LogP contribution in [0.25, 0.3) is 11.0 Å². The third-order valence-electron chi connectivity index (χ3n) is 2.81. The standard InChI is InChI=1S/C12H7Br2FN2S2/c13-6-1-2-19-11(6)5-17-10-3-7(14)8(15)4-9(10)16-12(17)18/h1-4H,5H2,(H,16,18). The normalized spacial score (nSPS) is 11.3. The lowest BCUT2D eigenvalue weighted by molar-refractivity contribution is 0.622. The molecule has 98 valence electrons. The first-order chi connectivity index (χ1) is 9.06. The molecule has 0 unspecified atom stereocenters. The molecule has 0 radical (unpaired) electrons. The van der Waals surface area contributed by atoms with E-state index in [0.717, 1.165) is 9.99 Å². The molecule has 0 aliphatic carbocycles. The maximum atomic E-state index is 13.5. The van der Waals surface area contributed by atoms with Crippen LogP contribution >= 0.6 is 55.4 Å². The van der Waals surface area contributed by atoms with Crippen molar-refractivity contribution in [2.24, 2.45) is 0 Å². The monoisotopic (exact) mass is 420 g/mol. The van der Waals surface area contributed by atoms with Crippen molar-refractivity contribution >= 4 is 66.4 Å². The number of nitrogens with zero attached hydrogens (tertiary/aromatic N) is 1. The molecule has 3 aromatic rings. The number of benzene rings is 1. The molecule has 2 nitrogen and oxygen atoms in total. The fourth-order valence-corrected chi connectivity index (χ4v) is 3.96. The van der Waals surface area contributed by atoms with E-state index in [2.05, 4.69) is 36.8 Å². The van der Waals surface area contributed by atoms with Crippen LogP contribution in [0.2, 0.25) is 0 Å². The fourth-order valence-electron chi connectivity index (χ4n) is 1.89. The second kappa shape index (κ2) is 5.12. The molecule has 1 aromatic carbocycles. The molecule has 0 bridgehead atoms. The lowest BCUT2D eigenvalue weighted by atomic mass is 10.3. The van der Waals surface area contributed by atoms with Gasteiger partial charge < -0.3 is 9.55 Å². The van der Waals surface area contributed by atoms with Crippen LogP contribution in [0.5, 0.6) is 0 Å². The Labute approximate surface area is 134 Å². The highest BCUT2D eigenvalue weighted by Crippen LogP contribution is 2.27. The summed E-state index contributed by atoms with van der Waals surface area (Å²) in [6, 6.07) is 5.21. The Kier molecular flexibility index (Phi) is 3.63. The van der Waals surface area contributed by atoms with E-state index in [1.54, 1.807) is 17.4 Å². The Morgan fingerprint density at radius 2 is 2.11 bits per heavy atom. The molecule has 0 fully saturated rings.